The number of benzene rings is 8. The fourth-order valence-electron chi connectivity index (χ4n) is 7.56. The van der Waals surface area contributed by atoms with E-state index in [1.54, 1.807) is 34.1 Å². The monoisotopic (exact) mass is 741 g/mol. The summed E-state index contributed by atoms with van der Waals surface area (Å²) in [6.07, 6.45) is 0. The van der Waals surface area contributed by atoms with Crippen molar-refractivity contribution in [1.82, 2.24) is 19.5 Å². The number of aromatic nitrogens is 4. The van der Waals surface area contributed by atoms with Gasteiger partial charge in [0.1, 0.15) is 0 Å². The van der Waals surface area contributed by atoms with Crippen molar-refractivity contribution < 1.29 is 12.3 Å². The van der Waals surface area contributed by atoms with Crippen LogP contribution >= 0.6 is 11.3 Å². The van der Waals surface area contributed by atoms with Crippen molar-refractivity contribution in [2.45, 2.75) is 0 Å². The fraction of sp³-hybridized carbons (Fsp3) is 0. The first-order valence-corrected chi connectivity index (χ1v) is 18.9. The molecular weight excluding hydrogens is 701 g/mol. The lowest BCUT2D eigenvalue weighted by Gasteiger charge is -2.12. The van der Waals surface area contributed by atoms with Gasteiger partial charge in [-0.2, -0.15) is 0 Å². The van der Waals surface area contributed by atoms with Gasteiger partial charge in [-0.3, -0.25) is 0 Å². The third kappa shape index (κ3) is 5.40. The highest BCUT2D eigenvalue weighted by Crippen LogP contribution is 2.41. The van der Waals surface area contributed by atoms with Crippen LogP contribution in [0.2, 0.25) is 0 Å². The molecule has 5 heteroatoms. The number of nitrogens with zero attached hydrogens (tertiary/aromatic N) is 4. The summed E-state index contributed by atoms with van der Waals surface area (Å²) in [5.41, 5.74) is 5.74. The van der Waals surface area contributed by atoms with Crippen molar-refractivity contribution in [2.75, 3.05) is 0 Å². The minimum atomic E-state index is -0.527. The molecule has 3 aromatic heterocycles. The molecule has 4 nitrogen and oxygen atoms in total. The second-order valence-corrected chi connectivity index (χ2v) is 14.4. The Bertz CT molecular complexity index is 3750. The van der Waals surface area contributed by atoms with Crippen LogP contribution in [-0.2, 0) is 0 Å². The van der Waals surface area contributed by atoms with Crippen molar-refractivity contribution in [1.29, 1.82) is 0 Å². The van der Waals surface area contributed by atoms with Crippen molar-refractivity contribution >= 4 is 53.3 Å². The van der Waals surface area contributed by atoms with Crippen LogP contribution in [0.1, 0.15) is 12.3 Å². The number of hydrogen-bond acceptors (Lipinski definition) is 4. The van der Waals surface area contributed by atoms with Gasteiger partial charge in [-0.05, 0) is 58.6 Å². The van der Waals surface area contributed by atoms with Crippen molar-refractivity contribution in [3.63, 3.8) is 0 Å². The molecule has 8 aromatic carbocycles. The summed E-state index contributed by atoms with van der Waals surface area (Å²) in [5.74, 6) is 1.64. The summed E-state index contributed by atoms with van der Waals surface area (Å²) in [6.45, 7) is 0. The van der Waals surface area contributed by atoms with Crippen LogP contribution in [0.25, 0.3) is 104 Å². The molecule has 0 bridgehead atoms. The zero-order valence-corrected chi connectivity index (χ0v) is 30.3. The van der Waals surface area contributed by atoms with Crippen molar-refractivity contribution in [3.05, 3.63) is 194 Å². The van der Waals surface area contributed by atoms with Crippen LogP contribution in [0.4, 0.5) is 0 Å². The van der Waals surface area contributed by atoms with E-state index in [4.69, 9.17) is 27.3 Å². The minimum Gasteiger partial charge on any atom is -0.309 e. The Morgan fingerprint density at radius 1 is 0.411 bits per heavy atom. The molecule has 0 radical (unpaired) electrons. The number of para-hydroxylation sites is 1. The third-order valence-corrected chi connectivity index (χ3v) is 11.2. The van der Waals surface area contributed by atoms with Gasteiger partial charge in [0, 0.05) is 53.3 Å². The number of thiophene rings is 1. The molecular formula is C51H32N4S. The molecule has 0 aliphatic rings. The maximum Gasteiger partial charge on any atom is 0.164 e. The van der Waals surface area contributed by atoms with Crippen LogP contribution < -0.4 is 0 Å². The van der Waals surface area contributed by atoms with Gasteiger partial charge in [-0.25, -0.2) is 15.0 Å². The zero-order valence-electron chi connectivity index (χ0n) is 38.5. The molecule has 11 rings (SSSR count). The molecule has 0 N–H and O–H groups in total. The van der Waals surface area contributed by atoms with E-state index in [1.165, 1.54) is 4.70 Å². The molecule has 0 aliphatic carbocycles. The molecule has 0 fully saturated rings. The first-order valence-electron chi connectivity index (χ1n) is 22.5. The summed E-state index contributed by atoms with van der Waals surface area (Å²) in [7, 11) is 0. The van der Waals surface area contributed by atoms with Crippen LogP contribution in [0.3, 0.4) is 0 Å². The van der Waals surface area contributed by atoms with Gasteiger partial charge in [0.25, 0.3) is 0 Å². The number of hydrogen-bond donors (Lipinski definition) is 0. The first kappa shape index (κ1) is 24.2. The molecule has 11 aromatic rings. The maximum absolute atomic E-state index is 9.15. The van der Waals surface area contributed by atoms with Gasteiger partial charge in [-0.15, -0.1) is 11.3 Å². The average Bonchev–Trinajstić information content (AvgIpc) is 3.91. The van der Waals surface area contributed by atoms with E-state index in [0.717, 1.165) is 43.3 Å². The second kappa shape index (κ2) is 13.3. The summed E-state index contributed by atoms with van der Waals surface area (Å²) in [4.78, 5) is 15.1. The highest BCUT2D eigenvalue weighted by atomic mass is 32.1. The molecule has 56 heavy (non-hydrogen) atoms. The van der Waals surface area contributed by atoms with E-state index in [2.05, 4.69) is 24.3 Å². The highest BCUT2D eigenvalue weighted by Gasteiger charge is 2.18. The Labute approximate surface area is 340 Å². The highest BCUT2D eigenvalue weighted by molar-refractivity contribution is 7.25. The molecule has 0 saturated heterocycles. The molecule has 0 spiro atoms. The quantitative estimate of drug-likeness (QED) is 0.170. The van der Waals surface area contributed by atoms with Gasteiger partial charge < -0.3 is 4.57 Å². The lowest BCUT2D eigenvalue weighted by molar-refractivity contribution is 1.08. The maximum atomic E-state index is 9.15. The molecule has 3 heterocycles. The van der Waals surface area contributed by atoms with Gasteiger partial charge >= 0.3 is 0 Å². The topological polar surface area (TPSA) is 43.6 Å². The smallest absolute Gasteiger partial charge is 0.164 e. The zero-order chi connectivity index (χ0) is 44.8. The van der Waals surface area contributed by atoms with E-state index in [1.807, 2.05) is 97.1 Å². The number of rotatable bonds is 6. The molecule has 0 aliphatic heterocycles. The summed E-state index contributed by atoms with van der Waals surface area (Å²) in [5, 5.41) is 2.77. The van der Waals surface area contributed by atoms with Crippen LogP contribution in [-0.4, -0.2) is 19.5 Å². The van der Waals surface area contributed by atoms with Gasteiger partial charge in [0.2, 0.25) is 0 Å². The Morgan fingerprint density at radius 3 is 1.91 bits per heavy atom. The van der Waals surface area contributed by atoms with E-state index >= 15 is 0 Å². The first-order chi connectivity index (χ1) is 31.5. The van der Waals surface area contributed by atoms with Crippen molar-refractivity contribution in [3.8, 4) is 62.1 Å². The Balaban J connectivity index is 1.05. The van der Waals surface area contributed by atoms with Crippen LogP contribution in [0.5, 0.6) is 0 Å². The van der Waals surface area contributed by atoms with E-state index < -0.39 is 42.3 Å². The van der Waals surface area contributed by atoms with Gasteiger partial charge in [0.05, 0.1) is 23.4 Å². The summed E-state index contributed by atoms with van der Waals surface area (Å²) >= 11 is 1.74. The predicted octanol–water partition coefficient (Wildman–Crippen LogP) is 13.7. The SMILES string of the molecule is [2H]c1c([2H])c([2H])c(-c2cccc3c2c2c([2H])c([2H])c([2H])c([2H])c2n3-c2cccc(-c3ccc(-c4nc(-c5ccccc5)nc(-c5cccc6sc7ccccc7c56)n4)cc3)c2)c([2H])c1[2H]. The molecule has 0 saturated carbocycles. The molecule has 262 valence electrons. The third-order valence-electron chi connectivity index (χ3n) is 10.1. The molecule has 0 unspecified atom stereocenters. The standard InChI is InChI=1S/C51H32N4S/c1-3-14-34(15-4-1)39-22-12-25-44-47(39)40-20-7-9-24-43(40)55(44)38-19-11-18-37(32-38)33-28-30-36(31-29-33)50-52-49(35-16-5-2-6-17-35)53-51(54-50)42-23-13-27-46-48(42)41-21-8-10-26-45(41)56-46/h1-32H/i1D,3D,4D,7D,9D,14D,15D,20D,24D. The van der Waals surface area contributed by atoms with Crippen molar-refractivity contribution in [2.24, 2.45) is 0 Å². The fourth-order valence-corrected chi connectivity index (χ4v) is 8.70. The Kier molecular flexibility index (Phi) is 5.75. The Hall–Kier alpha value is -7.21. The lowest BCUT2D eigenvalue weighted by Crippen LogP contribution is -2.00. The second-order valence-electron chi connectivity index (χ2n) is 13.3. The van der Waals surface area contributed by atoms with E-state index in [0.29, 0.717) is 34.1 Å². The average molecular weight is 742 g/mol. The van der Waals surface area contributed by atoms with Gasteiger partial charge in [-0.1, -0.05) is 158 Å². The summed E-state index contributed by atoms with van der Waals surface area (Å²) < 4.78 is 82.2. The van der Waals surface area contributed by atoms with E-state index in [-0.39, 0.29) is 34.1 Å². The van der Waals surface area contributed by atoms with Gasteiger partial charge in [0.15, 0.2) is 17.5 Å². The normalized spacial score (nSPS) is 13.8. The number of fused-ring (bicyclic) bond motifs is 6. The molecule has 0 amide bonds. The minimum absolute atomic E-state index is 0.0555. The Morgan fingerprint density at radius 2 is 1.05 bits per heavy atom. The van der Waals surface area contributed by atoms with E-state index in [9.17, 15) is 0 Å². The molecule has 0 atom stereocenters. The van der Waals surface area contributed by atoms with Crippen LogP contribution in [0, 0.1) is 0 Å². The largest absolute Gasteiger partial charge is 0.309 e. The lowest BCUT2D eigenvalue weighted by atomic mass is 9.99. The van der Waals surface area contributed by atoms with Crippen LogP contribution in [0.15, 0.2) is 194 Å². The predicted molar refractivity (Wildman–Crippen MR) is 234 cm³/mol. The summed E-state index contributed by atoms with van der Waals surface area (Å²) in [6, 6.07) is 41.3.